The Hall–Kier alpha value is -0.870. The standard InChI is InChI=1S/C21H33NO3/c1-14-6-4-8-21(2)11-19-16(10-18(14)21)17(20(23)25-19)12-22-9-5-7-15(22)13-24-3/h15-19H,1,4-13H2,2-3H3/t15-,16-,17-,18-,19-,21-/m1/s1. The number of ether oxygens (including phenoxy) is 2. The van der Waals surface area contributed by atoms with Crippen molar-refractivity contribution in [1.82, 2.24) is 4.90 Å². The van der Waals surface area contributed by atoms with E-state index in [-0.39, 0.29) is 23.4 Å². The van der Waals surface area contributed by atoms with Crippen LogP contribution >= 0.6 is 0 Å². The molecule has 0 amide bonds. The number of carbonyl (C=O) groups is 1. The van der Waals surface area contributed by atoms with Crippen molar-refractivity contribution in [3.05, 3.63) is 12.2 Å². The summed E-state index contributed by atoms with van der Waals surface area (Å²) in [6, 6.07) is 0.468. The van der Waals surface area contributed by atoms with Gasteiger partial charge in [0.2, 0.25) is 0 Å². The van der Waals surface area contributed by atoms with Crippen molar-refractivity contribution in [2.24, 2.45) is 23.2 Å². The number of hydrogen-bond donors (Lipinski definition) is 0. The second kappa shape index (κ2) is 6.70. The van der Waals surface area contributed by atoms with Gasteiger partial charge in [-0.15, -0.1) is 0 Å². The summed E-state index contributed by atoms with van der Waals surface area (Å²) in [5, 5.41) is 0. The van der Waals surface area contributed by atoms with Crippen molar-refractivity contribution < 1.29 is 14.3 Å². The zero-order chi connectivity index (χ0) is 17.6. The normalized spacial score (nSPS) is 44.5. The van der Waals surface area contributed by atoms with Crippen LogP contribution in [0.4, 0.5) is 0 Å². The van der Waals surface area contributed by atoms with Gasteiger partial charge in [0, 0.05) is 25.6 Å². The van der Waals surface area contributed by atoms with E-state index in [1.807, 2.05) is 0 Å². The summed E-state index contributed by atoms with van der Waals surface area (Å²) in [5.41, 5.74) is 1.71. The van der Waals surface area contributed by atoms with Crippen LogP contribution in [-0.2, 0) is 14.3 Å². The lowest BCUT2D eigenvalue weighted by atomic mass is 9.55. The maximum Gasteiger partial charge on any atom is 0.310 e. The number of allylic oxidation sites excluding steroid dienone is 1. The van der Waals surface area contributed by atoms with Gasteiger partial charge < -0.3 is 9.47 Å². The lowest BCUT2D eigenvalue weighted by Crippen LogP contribution is -2.46. The summed E-state index contributed by atoms with van der Waals surface area (Å²) < 4.78 is 11.3. The summed E-state index contributed by atoms with van der Waals surface area (Å²) in [5.74, 6) is 1.05. The van der Waals surface area contributed by atoms with E-state index in [0.29, 0.717) is 17.9 Å². The molecule has 4 rings (SSSR count). The highest BCUT2D eigenvalue weighted by Crippen LogP contribution is 2.57. The number of nitrogens with zero attached hydrogens (tertiary/aromatic N) is 1. The number of hydrogen-bond acceptors (Lipinski definition) is 4. The van der Waals surface area contributed by atoms with Gasteiger partial charge in [-0.3, -0.25) is 9.69 Å². The maximum absolute atomic E-state index is 12.7. The minimum atomic E-state index is 0.0433. The zero-order valence-electron chi connectivity index (χ0n) is 15.8. The molecule has 6 atom stereocenters. The Balaban J connectivity index is 1.49. The van der Waals surface area contributed by atoms with E-state index < -0.39 is 0 Å². The molecule has 0 N–H and O–H groups in total. The molecule has 4 fully saturated rings. The molecule has 2 aliphatic carbocycles. The maximum atomic E-state index is 12.7. The number of rotatable bonds is 4. The largest absolute Gasteiger partial charge is 0.462 e. The molecule has 4 nitrogen and oxygen atoms in total. The fourth-order valence-corrected chi connectivity index (χ4v) is 6.23. The van der Waals surface area contributed by atoms with E-state index in [4.69, 9.17) is 9.47 Å². The number of carbonyl (C=O) groups excluding carboxylic acids is 1. The molecule has 0 aromatic rings. The Morgan fingerprint density at radius 1 is 1.40 bits per heavy atom. The summed E-state index contributed by atoms with van der Waals surface area (Å²) in [6.07, 6.45) is 8.32. The van der Waals surface area contributed by atoms with Crippen molar-refractivity contribution in [3.63, 3.8) is 0 Å². The average molecular weight is 347 g/mol. The molecule has 0 aromatic carbocycles. The van der Waals surface area contributed by atoms with Gasteiger partial charge in [-0.1, -0.05) is 19.1 Å². The van der Waals surface area contributed by atoms with Crippen molar-refractivity contribution in [3.8, 4) is 0 Å². The first-order valence-electron chi connectivity index (χ1n) is 10.1. The molecule has 2 aliphatic heterocycles. The van der Waals surface area contributed by atoms with Crippen LogP contribution in [0.2, 0.25) is 0 Å². The predicted octanol–water partition coefficient (Wildman–Crippen LogP) is 3.41. The molecule has 0 bridgehead atoms. The third kappa shape index (κ3) is 3.06. The first-order chi connectivity index (χ1) is 12.0. The second-order valence-corrected chi connectivity index (χ2v) is 9.15. The van der Waals surface area contributed by atoms with E-state index >= 15 is 0 Å². The molecule has 0 unspecified atom stereocenters. The zero-order valence-corrected chi connectivity index (χ0v) is 15.8. The fourth-order valence-electron chi connectivity index (χ4n) is 6.23. The molecule has 2 saturated heterocycles. The minimum absolute atomic E-state index is 0.0433. The van der Waals surface area contributed by atoms with Crippen LogP contribution in [-0.4, -0.2) is 49.8 Å². The monoisotopic (exact) mass is 347 g/mol. The van der Waals surface area contributed by atoms with Gasteiger partial charge in [0.05, 0.1) is 12.5 Å². The van der Waals surface area contributed by atoms with Crippen LogP contribution in [0.3, 0.4) is 0 Å². The minimum Gasteiger partial charge on any atom is -0.462 e. The second-order valence-electron chi connectivity index (χ2n) is 9.15. The molecule has 0 aromatic heterocycles. The van der Waals surface area contributed by atoms with Crippen molar-refractivity contribution in [2.45, 2.75) is 64.0 Å². The lowest BCUT2D eigenvalue weighted by molar-refractivity contribution is -0.146. The summed E-state index contributed by atoms with van der Waals surface area (Å²) in [7, 11) is 1.77. The molecule has 4 heteroatoms. The van der Waals surface area contributed by atoms with Gasteiger partial charge in [0.25, 0.3) is 0 Å². The molecular formula is C21H33NO3. The van der Waals surface area contributed by atoms with Gasteiger partial charge in [0.1, 0.15) is 6.10 Å². The van der Waals surface area contributed by atoms with E-state index in [1.54, 1.807) is 7.11 Å². The molecule has 4 aliphatic rings. The highest BCUT2D eigenvalue weighted by atomic mass is 16.6. The van der Waals surface area contributed by atoms with Crippen molar-refractivity contribution >= 4 is 5.97 Å². The first-order valence-corrected chi connectivity index (χ1v) is 10.1. The third-order valence-corrected chi connectivity index (χ3v) is 7.61. The fraction of sp³-hybridized carbons (Fsp3) is 0.857. The average Bonchev–Trinajstić information content (AvgIpc) is 3.11. The smallest absolute Gasteiger partial charge is 0.310 e. The lowest BCUT2D eigenvalue weighted by Gasteiger charge is -2.50. The topological polar surface area (TPSA) is 38.8 Å². The third-order valence-electron chi connectivity index (χ3n) is 7.61. The summed E-state index contributed by atoms with van der Waals surface area (Å²) >= 11 is 0. The van der Waals surface area contributed by atoms with Crippen LogP contribution in [0, 0.1) is 23.2 Å². The quantitative estimate of drug-likeness (QED) is 0.577. The molecular weight excluding hydrogens is 314 g/mol. The Kier molecular flexibility index (Phi) is 4.70. The van der Waals surface area contributed by atoms with Gasteiger partial charge >= 0.3 is 5.97 Å². The van der Waals surface area contributed by atoms with Crippen LogP contribution in [0.15, 0.2) is 12.2 Å². The van der Waals surface area contributed by atoms with Crippen molar-refractivity contribution in [1.29, 1.82) is 0 Å². The summed E-state index contributed by atoms with van der Waals surface area (Å²) in [6.45, 7) is 9.49. The van der Waals surface area contributed by atoms with Gasteiger partial charge in [-0.2, -0.15) is 0 Å². The molecule has 0 radical (unpaired) electrons. The van der Waals surface area contributed by atoms with Gasteiger partial charge in [0.15, 0.2) is 0 Å². The number of methoxy groups -OCH3 is 1. The first kappa shape index (κ1) is 17.5. The summed E-state index contributed by atoms with van der Waals surface area (Å²) in [4.78, 5) is 15.2. The molecule has 140 valence electrons. The highest BCUT2D eigenvalue weighted by molar-refractivity contribution is 5.75. The highest BCUT2D eigenvalue weighted by Gasteiger charge is 2.55. The van der Waals surface area contributed by atoms with Crippen LogP contribution in [0.1, 0.15) is 51.9 Å². The van der Waals surface area contributed by atoms with E-state index in [2.05, 4.69) is 18.4 Å². The number of fused-ring (bicyclic) bond motifs is 2. The molecule has 25 heavy (non-hydrogen) atoms. The van der Waals surface area contributed by atoms with E-state index in [0.717, 1.165) is 32.5 Å². The van der Waals surface area contributed by atoms with Crippen LogP contribution in [0.5, 0.6) is 0 Å². The molecule has 2 heterocycles. The molecule has 0 spiro atoms. The van der Waals surface area contributed by atoms with E-state index in [9.17, 15) is 4.79 Å². The SMILES string of the molecule is C=C1CCC[C@]2(C)C[C@H]3OC(=O)[C@H](CN4CCC[C@@H]4COC)[C@H]3C[C@H]12. The van der Waals surface area contributed by atoms with E-state index in [1.165, 1.54) is 37.7 Å². The Bertz CT molecular complexity index is 547. The Labute approximate surface area is 151 Å². The van der Waals surface area contributed by atoms with Gasteiger partial charge in [-0.25, -0.2) is 0 Å². The predicted molar refractivity (Wildman–Crippen MR) is 97.2 cm³/mol. The van der Waals surface area contributed by atoms with Gasteiger partial charge in [-0.05, 0) is 62.8 Å². The molecule has 2 saturated carbocycles. The number of esters is 1. The van der Waals surface area contributed by atoms with Crippen LogP contribution in [0.25, 0.3) is 0 Å². The number of likely N-dealkylation sites (tertiary alicyclic amines) is 1. The van der Waals surface area contributed by atoms with Crippen LogP contribution < -0.4 is 0 Å². The Morgan fingerprint density at radius 2 is 2.24 bits per heavy atom. The Morgan fingerprint density at radius 3 is 3.04 bits per heavy atom. The van der Waals surface area contributed by atoms with Crippen molar-refractivity contribution in [2.75, 3.05) is 26.8 Å².